The third-order valence-electron chi connectivity index (χ3n) is 4.78. The third-order valence-corrected chi connectivity index (χ3v) is 4.78. The molecule has 1 aromatic carbocycles. The first-order valence-corrected chi connectivity index (χ1v) is 7.37. The fourth-order valence-electron chi connectivity index (χ4n) is 3.40. The number of carbonyl (C=O) groups excluding carboxylic acids is 1. The second-order valence-corrected chi connectivity index (χ2v) is 5.92. The Morgan fingerprint density at radius 1 is 1.25 bits per heavy atom. The Labute approximate surface area is 120 Å². The van der Waals surface area contributed by atoms with E-state index in [-0.39, 0.29) is 5.91 Å². The summed E-state index contributed by atoms with van der Waals surface area (Å²) in [6.07, 6.45) is 3.48. The number of nitrogens with one attached hydrogen (secondary N) is 1. The molecule has 0 bridgehead atoms. The van der Waals surface area contributed by atoms with E-state index in [2.05, 4.69) is 5.32 Å². The monoisotopic (exact) mass is 274 g/mol. The number of methoxy groups -OCH3 is 1. The summed E-state index contributed by atoms with van der Waals surface area (Å²) in [4.78, 5) is 14.6. The van der Waals surface area contributed by atoms with E-state index >= 15 is 0 Å². The van der Waals surface area contributed by atoms with Gasteiger partial charge in [0.1, 0.15) is 5.75 Å². The highest BCUT2D eigenvalue weighted by molar-refractivity contribution is 5.97. The minimum atomic E-state index is 0.100. The van der Waals surface area contributed by atoms with Crippen LogP contribution in [0.1, 0.15) is 29.6 Å². The van der Waals surface area contributed by atoms with Gasteiger partial charge < -0.3 is 15.0 Å². The second-order valence-electron chi connectivity index (χ2n) is 5.92. The molecule has 2 fully saturated rings. The van der Waals surface area contributed by atoms with Crippen molar-refractivity contribution in [2.75, 3.05) is 33.3 Å². The Kier molecular flexibility index (Phi) is 3.66. The van der Waals surface area contributed by atoms with E-state index in [0.29, 0.717) is 16.7 Å². The molecule has 2 saturated heterocycles. The molecular formula is C16H22N2O2. The zero-order valence-electron chi connectivity index (χ0n) is 12.0. The lowest BCUT2D eigenvalue weighted by atomic mass is 9.78. The number of benzene rings is 1. The maximum absolute atomic E-state index is 12.6. The number of para-hydroxylation sites is 1. The Hall–Kier alpha value is -1.55. The first kappa shape index (κ1) is 13.4. The van der Waals surface area contributed by atoms with Crippen LogP contribution in [-0.2, 0) is 0 Å². The predicted octanol–water partition coefficient (Wildman–Crippen LogP) is 1.91. The number of nitrogens with zero attached hydrogens (tertiary/aromatic N) is 1. The maximum Gasteiger partial charge on any atom is 0.257 e. The van der Waals surface area contributed by atoms with Crippen LogP contribution in [0, 0.1) is 5.41 Å². The van der Waals surface area contributed by atoms with Crippen LogP contribution in [0.25, 0.3) is 0 Å². The summed E-state index contributed by atoms with van der Waals surface area (Å²) in [6, 6.07) is 7.48. The predicted molar refractivity (Wildman–Crippen MR) is 78.1 cm³/mol. The van der Waals surface area contributed by atoms with Crippen LogP contribution < -0.4 is 10.1 Å². The van der Waals surface area contributed by atoms with Crippen molar-refractivity contribution in [1.82, 2.24) is 10.2 Å². The molecule has 0 aromatic heterocycles. The number of hydrogen-bond donors (Lipinski definition) is 1. The molecule has 108 valence electrons. The van der Waals surface area contributed by atoms with Crippen molar-refractivity contribution in [1.29, 1.82) is 0 Å². The molecular weight excluding hydrogens is 252 g/mol. The van der Waals surface area contributed by atoms with Gasteiger partial charge in [-0.1, -0.05) is 12.1 Å². The number of carbonyl (C=O) groups is 1. The standard InChI is InChI=1S/C16H22N2O2/c1-20-14-5-3-2-4-13(14)15(19)18-10-7-16(8-11-18)6-9-17-12-16/h2-5,17H,6-12H2,1H3. The van der Waals surface area contributed by atoms with Crippen molar-refractivity contribution in [2.24, 2.45) is 5.41 Å². The smallest absolute Gasteiger partial charge is 0.257 e. The van der Waals surface area contributed by atoms with E-state index in [0.717, 1.165) is 39.0 Å². The Balaban J connectivity index is 1.70. The number of piperidine rings is 1. The van der Waals surface area contributed by atoms with E-state index in [4.69, 9.17) is 4.74 Å². The Morgan fingerprint density at radius 3 is 2.65 bits per heavy atom. The van der Waals surface area contributed by atoms with Gasteiger partial charge in [0.2, 0.25) is 0 Å². The SMILES string of the molecule is COc1ccccc1C(=O)N1CCC2(CCNC2)CC1. The molecule has 3 rings (SSSR count). The molecule has 0 radical (unpaired) electrons. The van der Waals surface area contributed by atoms with Crippen molar-refractivity contribution in [3.63, 3.8) is 0 Å². The number of likely N-dealkylation sites (tertiary alicyclic amines) is 1. The van der Waals surface area contributed by atoms with E-state index in [1.54, 1.807) is 7.11 Å². The van der Waals surface area contributed by atoms with Gasteiger partial charge in [0, 0.05) is 19.6 Å². The van der Waals surface area contributed by atoms with Gasteiger partial charge >= 0.3 is 0 Å². The van der Waals surface area contributed by atoms with Gasteiger partial charge in [-0.3, -0.25) is 4.79 Å². The number of rotatable bonds is 2. The average Bonchev–Trinajstić information content (AvgIpc) is 2.95. The highest BCUT2D eigenvalue weighted by atomic mass is 16.5. The lowest BCUT2D eigenvalue weighted by Crippen LogP contribution is -2.44. The quantitative estimate of drug-likeness (QED) is 0.895. The summed E-state index contributed by atoms with van der Waals surface area (Å²) in [5.41, 5.74) is 1.12. The lowest BCUT2D eigenvalue weighted by molar-refractivity contribution is 0.0604. The summed E-state index contributed by atoms with van der Waals surface area (Å²) >= 11 is 0. The van der Waals surface area contributed by atoms with Crippen LogP contribution in [0.15, 0.2) is 24.3 Å². The van der Waals surface area contributed by atoms with Crippen molar-refractivity contribution < 1.29 is 9.53 Å². The number of amides is 1. The van der Waals surface area contributed by atoms with Crippen LogP contribution >= 0.6 is 0 Å². The molecule has 4 nitrogen and oxygen atoms in total. The average molecular weight is 274 g/mol. The van der Waals surface area contributed by atoms with Crippen molar-refractivity contribution >= 4 is 5.91 Å². The summed E-state index contributed by atoms with van der Waals surface area (Å²) < 4.78 is 5.29. The zero-order valence-corrected chi connectivity index (χ0v) is 12.0. The zero-order chi connectivity index (χ0) is 14.0. The minimum absolute atomic E-state index is 0.100. The van der Waals surface area contributed by atoms with Crippen LogP contribution in [0.4, 0.5) is 0 Å². The van der Waals surface area contributed by atoms with Gasteiger partial charge in [-0.05, 0) is 43.4 Å². The van der Waals surface area contributed by atoms with Gasteiger partial charge in [-0.25, -0.2) is 0 Å². The molecule has 2 aliphatic rings. The highest BCUT2D eigenvalue weighted by Crippen LogP contribution is 2.37. The normalized spacial score (nSPS) is 21.1. The molecule has 2 aliphatic heterocycles. The molecule has 1 spiro atoms. The first-order valence-electron chi connectivity index (χ1n) is 7.37. The van der Waals surface area contributed by atoms with Crippen LogP contribution in [0.5, 0.6) is 5.75 Å². The summed E-state index contributed by atoms with van der Waals surface area (Å²) in [7, 11) is 1.61. The summed E-state index contributed by atoms with van der Waals surface area (Å²) in [6.45, 7) is 3.96. The van der Waals surface area contributed by atoms with Crippen LogP contribution in [0.2, 0.25) is 0 Å². The van der Waals surface area contributed by atoms with Crippen LogP contribution in [-0.4, -0.2) is 44.1 Å². The second kappa shape index (κ2) is 5.44. The van der Waals surface area contributed by atoms with Gasteiger partial charge in [-0.15, -0.1) is 0 Å². The largest absolute Gasteiger partial charge is 0.496 e. The van der Waals surface area contributed by atoms with E-state index < -0.39 is 0 Å². The molecule has 1 aromatic rings. The van der Waals surface area contributed by atoms with Crippen molar-refractivity contribution in [2.45, 2.75) is 19.3 Å². The van der Waals surface area contributed by atoms with Crippen molar-refractivity contribution in [3.05, 3.63) is 29.8 Å². The molecule has 2 heterocycles. The summed E-state index contributed by atoms with van der Waals surface area (Å²) in [5, 5.41) is 3.45. The minimum Gasteiger partial charge on any atom is -0.496 e. The molecule has 4 heteroatoms. The molecule has 20 heavy (non-hydrogen) atoms. The van der Waals surface area contributed by atoms with Gasteiger partial charge in [0.05, 0.1) is 12.7 Å². The molecule has 0 atom stereocenters. The molecule has 1 N–H and O–H groups in total. The molecule has 0 aliphatic carbocycles. The lowest BCUT2D eigenvalue weighted by Gasteiger charge is -2.39. The molecule has 0 saturated carbocycles. The highest BCUT2D eigenvalue weighted by Gasteiger charge is 2.38. The fourth-order valence-corrected chi connectivity index (χ4v) is 3.40. The van der Waals surface area contributed by atoms with E-state index in [9.17, 15) is 4.79 Å². The van der Waals surface area contributed by atoms with Gasteiger partial charge in [-0.2, -0.15) is 0 Å². The number of ether oxygens (including phenoxy) is 1. The topological polar surface area (TPSA) is 41.6 Å². The van der Waals surface area contributed by atoms with Gasteiger partial charge in [0.15, 0.2) is 0 Å². The Bertz CT molecular complexity index is 485. The van der Waals surface area contributed by atoms with Gasteiger partial charge in [0.25, 0.3) is 5.91 Å². The maximum atomic E-state index is 12.6. The molecule has 1 amide bonds. The summed E-state index contributed by atoms with van der Waals surface area (Å²) in [5.74, 6) is 0.767. The number of hydrogen-bond acceptors (Lipinski definition) is 3. The third kappa shape index (κ3) is 2.40. The van der Waals surface area contributed by atoms with Crippen LogP contribution in [0.3, 0.4) is 0 Å². The first-order chi connectivity index (χ1) is 9.74. The molecule has 0 unspecified atom stereocenters. The van der Waals surface area contributed by atoms with Crippen molar-refractivity contribution in [3.8, 4) is 5.75 Å². The fraction of sp³-hybridized carbons (Fsp3) is 0.562. The Morgan fingerprint density at radius 2 is 2.00 bits per heavy atom. The van der Waals surface area contributed by atoms with E-state index in [1.807, 2.05) is 29.2 Å². The van der Waals surface area contributed by atoms with E-state index in [1.165, 1.54) is 6.42 Å².